The second-order valence-corrected chi connectivity index (χ2v) is 7.66. The summed E-state index contributed by atoms with van der Waals surface area (Å²) < 4.78 is 7.75. The quantitative estimate of drug-likeness (QED) is 0.570. The molecule has 0 unspecified atom stereocenters. The van der Waals surface area contributed by atoms with Crippen molar-refractivity contribution in [3.8, 4) is 5.75 Å². The monoisotopic (exact) mass is 403 g/mol. The Morgan fingerprint density at radius 3 is 2.89 bits per heavy atom. The van der Waals surface area contributed by atoms with Crippen molar-refractivity contribution >= 4 is 28.8 Å². The minimum atomic E-state index is -0.00206. The van der Waals surface area contributed by atoms with Crippen molar-refractivity contribution in [2.75, 3.05) is 7.05 Å². The number of aryl methyl sites for hydroxylation is 2. The third-order valence-electron chi connectivity index (χ3n) is 4.25. The second-order valence-electron chi connectivity index (χ2n) is 6.32. The number of carbonyl (C=O) groups excluding carboxylic acids is 1. The number of aromatic nitrogens is 2. The van der Waals surface area contributed by atoms with E-state index in [1.165, 1.54) is 11.3 Å². The molecule has 7 heteroatoms. The normalized spacial score (nSPS) is 10.8. The van der Waals surface area contributed by atoms with Crippen LogP contribution >= 0.6 is 22.9 Å². The summed E-state index contributed by atoms with van der Waals surface area (Å²) in [6.07, 6.45) is 1.76. The van der Waals surface area contributed by atoms with Crippen molar-refractivity contribution in [1.82, 2.24) is 14.7 Å². The topological polar surface area (TPSA) is 47.4 Å². The lowest BCUT2D eigenvalue weighted by molar-refractivity contribution is 0.0786. The molecule has 142 valence electrons. The molecule has 3 aromatic rings. The summed E-state index contributed by atoms with van der Waals surface area (Å²) in [6, 6.07) is 9.37. The molecule has 0 aliphatic heterocycles. The number of ether oxygens (including phenoxy) is 1. The molecule has 1 aromatic carbocycles. The van der Waals surface area contributed by atoms with E-state index in [9.17, 15) is 4.79 Å². The molecule has 2 aromatic heterocycles. The van der Waals surface area contributed by atoms with Crippen LogP contribution in [0.3, 0.4) is 0 Å². The highest BCUT2D eigenvalue weighted by atomic mass is 35.5. The maximum absolute atomic E-state index is 12.7. The summed E-state index contributed by atoms with van der Waals surface area (Å²) >= 11 is 7.41. The van der Waals surface area contributed by atoms with Gasteiger partial charge in [0.05, 0.1) is 17.1 Å². The Morgan fingerprint density at radius 2 is 2.15 bits per heavy atom. The highest BCUT2D eigenvalue weighted by Gasteiger charge is 2.16. The second kappa shape index (κ2) is 8.59. The van der Waals surface area contributed by atoms with Gasteiger partial charge < -0.3 is 9.64 Å². The third-order valence-corrected chi connectivity index (χ3v) is 5.45. The number of halogens is 1. The van der Waals surface area contributed by atoms with E-state index in [1.54, 1.807) is 11.1 Å². The zero-order valence-corrected chi connectivity index (χ0v) is 17.2. The van der Waals surface area contributed by atoms with E-state index in [0.29, 0.717) is 23.1 Å². The highest BCUT2D eigenvalue weighted by molar-refractivity contribution is 7.12. The number of rotatable bonds is 7. The average molecular weight is 404 g/mol. The van der Waals surface area contributed by atoms with Crippen LogP contribution in [-0.4, -0.2) is 27.6 Å². The average Bonchev–Trinajstić information content (AvgIpc) is 3.29. The molecule has 0 spiro atoms. The van der Waals surface area contributed by atoms with E-state index < -0.39 is 0 Å². The number of carbonyl (C=O) groups is 1. The molecule has 0 bridgehead atoms. The van der Waals surface area contributed by atoms with Gasteiger partial charge in [-0.15, -0.1) is 11.3 Å². The van der Waals surface area contributed by atoms with Gasteiger partial charge in [-0.1, -0.05) is 11.6 Å². The molecular weight excluding hydrogens is 382 g/mol. The van der Waals surface area contributed by atoms with Crippen LogP contribution in [0.2, 0.25) is 5.02 Å². The summed E-state index contributed by atoms with van der Waals surface area (Å²) in [6.45, 7) is 5.72. The van der Waals surface area contributed by atoms with Crippen LogP contribution in [0.5, 0.6) is 5.75 Å². The Hall–Kier alpha value is -2.31. The van der Waals surface area contributed by atoms with Crippen LogP contribution in [0, 0.1) is 6.92 Å². The molecule has 0 radical (unpaired) electrons. The molecule has 1 amide bonds. The Kier molecular flexibility index (Phi) is 6.19. The Balaban J connectivity index is 1.61. The first kappa shape index (κ1) is 19.5. The maximum atomic E-state index is 12.7. The lowest BCUT2D eigenvalue weighted by atomic mass is 10.2. The van der Waals surface area contributed by atoms with Crippen LogP contribution in [0.1, 0.15) is 33.4 Å². The lowest BCUT2D eigenvalue weighted by Crippen LogP contribution is -2.26. The van der Waals surface area contributed by atoms with Gasteiger partial charge in [0, 0.05) is 30.4 Å². The molecule has 0 fully saturated rings. The van der Waals surface area contributed by atoms with Crippen LogP contribution < -0.4 is 4.74 Å². The first-order valence-corrected chi connectivity index (χ1v) is 9.96. The first-order chi connectivity index (χ1) is 13.0. The smallest absolute Gasteiger partial charge is 0.264 e. The zero-order chi connectivity index (χ0) is 19.4. The lowest BCUT2D eigenvalue weighted by Gasteiger charge is -2.16. The fourth-order valence-corrected chi connectivity index (χ4v) is 3.90. The molecule has 5 nitrogen and oxygen atoms in total. The van der Waals surface area contributed by atoms with E-state index >= 15 is 0 Å². The minimum Gasteiger partial charge on any atom is -0.489 e. The SMILES string of the molecule is CCn1nccc1CN(C)C(=O)c1cc(COc2ccc(Cl)cc2C)cs1. The van der Waals surface area contributed by atoms with Crippen molar-refractivity contribution < 1.29 is 9.53 Å². The Morgan fingerprint density at radius 1 is 1.33 bits per heavy atom. The number of hydrogen-bond acceptors (Lipinski definition) is 4. The molecular formula is C20H22ClN3O2S. The molecule has 0 saturated heterocycles. The van der Waals surface area contributed by atoms with Crippen molar-refractivity contribution in [2.24, 2.45) is 0 Å². The van der Waals surface area contributed by atoms with Crippen LogP contribution in [0.15, 0.2) is 41.9 Å². The number of thiophene rings is 1. The zero-order valence-electron chi connectivity index (χ0n) is 15.6. The molecule has 0 atom stereocenters. The van der Waals surface area contributed by atoms with Gasteiger partial charge in [-0.3, -0.25) is 9.48 Å². The summed E-state index contributed by atoms with van der Waals surface area (Å²) in [5.74, 6) is 0.793. The number of amides is 1. The van der Waals surface area contributed by atoms with Gasteiger partial charge in [-0.25, -0.2) is 0 Å². The summed E-state index contributed by atoms with van der Waals surface area (Å²) in [5.41, 5.74) is 2.98. The summed E-state index contributed by atoms with van der Waals surface area (Å²) in [5, 5.41) is 6.90. The molecule has 0 aliphatic rings. The molecule has 2 heterocycles. The van der Waals surface area contributed by atoms with E-state index in [4.69, 9.17) is 16.3 Å². The van der Waals surface area contributed by atoms with Gasteiger partial charge in [-0.2, -0.15) is 5.10 Å². The van der Waals surface area contributed by atoms with E-state index in [2.05, 4.69) is 5.10 Å². The fourth-order valence-electron chi connectivity index (χ4n) is 2.78. The Labute approximate surface area is 168 Å². The van der Waals surface area contributed by atoms with Gasteiger partial charge in [0.1, 0.15) is 12.4 Å². The molecule has 0 saturated carbocycles. The predicted octanol–water partition coefficient (Wildman–Crippen LogP) is 4.78. The highest BCUT2D eigenvalue weighted by Crippen LogP contribution is 2.24. The number of nitrogens with zero attached hydrogens (tertiary/aromatic N) is 3. The molecule has 3 rings (SSSR count). The van der Waals surface area contributed by atoms with Gasteiger partial charge in [-0.05, 0) is 55.1 Å². The number of benzene rings is 1. The van der Waals surface area contributed by atoms with E-state index in [1.807, 2.05) is 61.3 Å². The van der Waals surface area contributed by atoms with Crippen molar-refractivity contribution in [2.45, 2.75) is 33.5 Å². The maximum Gasteiger partial charge on any atom is 0.264 e. The third kappa shape index (κ3) is 4.70. The van der Waals surface area contributed by atoms with E-state index in [-0.39, 0.29) is 5.91 Å². The standard InChI is InChI=1S/C20H22ClN3O2S/c1-4-24-17(7-8-22-24)11-23(3)20(25)19-10-15(13-27-19)12-26-18-6-5-16(21)9-14(18)2/h5-10,13H,4,11-12H2,1-3H3. The van der Waals surface area contributed by atoms with Crippen molar-refractivity contribution in [1.29, 1.82) is 0 Å². The fraction of sp³-hybridized carbons (Fsp3) is 0.300. The summed E-state index contributed by atoms with van der Waals surface area (Å²) in [4.78, 5) is 15.1. The van der Waals surface area contributed by atoms with Gasteiger partial charge >= 0.3 is 0 Å². The predicted molar refractivity (Wildman–Crippen MR) is 109 cm³/mol. The van der Waals surface area contributed by atoms with Crippen LogP contribution in [-0.2, 0) is 19.7 Å². The van der Waals surface area contributed by atoms with Crippen molar-refractivity contribution in [3.63, 3.8) is 0 Å². The van der Waals surface area contributed by atoms with Gasteiger partial charge in [0.15, 0.2) is 0 Å². The Bertz CT molecular complexity index is 935. The minimum absolute atomic E-state index is 0.00206. The number of hydrogen-bond donors (Lipinski definition) is 0. The first-order valence-electron chi connectivity index (χ1n) is 8.70. The molecule has 27 heavy (non-hydrogen) atoms. The molecule has 0 N–H and O–H groups in total. The van der Waals surface area contributed by atoms with Crippen molar-refractivity contribution in [3.05, 3.63) is 68.6 Å². The largest absolute Gasteiger partial charge is 0.489 e. The summed E-state index contributed by atoms with van der Waals surface area (Å²) in [7, 11) is 1.81. The van der Waals surface area contributed by atoms with Crippen LogP contribution in [0.4, 0.5) is 0 Å². The van der Waals surface area contributed by atoms with E-state index in [0.717, 1.165) is 29.1 Å². The molecule has 0 aliphatic carbocycles. The van der Waals surface area contributed by atoms with Gasteiger partial charge in [0.2, 0.25) is 0 Å². The van der Waals surface area contributed by atoms with Crippen LogP contribution in [0.25, 0.3) is 0 Å². The van der Waals surface area contributed by atoms with Gasteiger partial charge in [0.25, 0.3) is 5.91 Å².